The van der Waals surface area contributed by atoms with E-state index in [1.165, 1.54) is 16.8 Å². The number of fused-ring (bicyclic) bond motifs is 1. The SMILES string of the molecule is [N-]=[N+]=NCCc1cc2ccccn2c1-c1ccccc1. The topological polar surface area (TPSA) is 53.2 Å². The van der Waals surface area contributed by atoms with E-state index >= 15 is 0 Å². The van der Waals surface area contributed by atoms with Crippen molar-refractivity contribution >= 4 is 5.52 Å². The molecule has 0 radical (unpaired) electrons. The molecular formula is C16H14N4. The highest BCUT2D eigenvalue weighted by molar-refractivity contribution is 5.71. The monoisotopic (exact) mass is 262 g/mol. The third-order valence-corrected chi connectivity index (χ3v) is 3.35. The number of hydrogen-bond acceptors (Lipinski definition) is 1. The Morgan fingerprint density at radius 1 is 1.05 bits per heavy atom. The highest BCUT2D eigenvalue weighted by atomic mass is 15.1. The van der Waals surface area contributed by atoms with Crippen LogP contribution in [-0.4, -0.2) is 10.9 Å². The van der Waals surface area contributed by atoms with Crippen LogP contribution >= 0.6 is 0 Å². The molecular weight excluding hydrogens is 248 g/mol. The van der Waals surface area contributed by atoms with Crippen LogP contribution in [0, 0.1) is 0 Å². The summed E-state index contributed by atoms with van der Waals surface area (Å²) in [5.74, 6) is 0. The predicted molar refractivity (Wildman–Crippen MR) is 80.6 cm³/mol. The van der Waals surface area contributed by atoms with Crippen molar-refractivity contribution in [1.29, 1.82) is 0 Å². The molecule has 20 heavy (non-hydrogen) atoms. The van der Waals surface area contributed by atoms with Gasteiger partial charge in [-0.2, -0.15) is 0 Å². The lowest BCUT2D eigenvalue weighted by molar-refractivity contribution is 0.957. The summed E-state index contributed by atoms with van der Waals surface area (Å²) in [7, 11) is 0. The molecule has 0 fully saturated rings. The molecule has 0 spiro atoms. The molecule has 4 heteroatoms. The predicted octanol–water partition coefficient (Wildman–Crippen LogP) is 4.46. The Labute approximate surface area is 116 Å². The van der Waals surface area contributed by atoms with E-state index in [4.69, 9.17) is 5.53 Å². The maximum atomic E-state index is 8.42. The van der Waals surface area contributed by atoms with E-state index in [0.29, 0.717) is 6.54 Å². The average Bonchev–Trinajstić information content (AvgIpc) is 2.86. The Bertz CT molecular complexity index is 768. The average molecular weight is 262 g/mol. The molecule has 2 aromatic heterocycles. The van der Waals surface area contributed by atoms with Gasteiger partial charge in [-0.15, -0.1) is 0 Å². The van der Waals surface area contributed by atoms with Crippen LogP contribution in [0.4, 0.5) is 0 Å². The second-order valence-corrected chi connectivity index (χ2v) is 4.58. The minimum Gasteiger partial charge on any atom is -0.316 e. The highest BCUT2D eigenvalue weighted by Gasteiger charge is 2.11. The van der Waals surface area contributed by atoms with E-state index < -0.39 is 0 Å². The van der Waals surface area contributed by atoms with Gasteiger partial charge < -0.3 is 4.40 Å². The summed E-state index contributed by atoms with van der Waals surface area (Å²) >= 11 is 0. The molecule has 0 bridgehead atoms. The van der Waals surface area contributed by atoms with Gasteiger partial charge in [0.15, 0.2) is 0 Å². The van der Waals surface area contributed by atoms with E-state index in [0.717, 1.165) is 11.9 Å². The van der Waals surface area contributed by atoms with Gasteiger partial charge >= 0.3 is 0 Å². The van der Waals surface area contributed by atoms with Crippen molar-refractivity contribution in [3.63, 3.8) is 0 Å². The zero-order valence-corrected chi connectivity index (χ0v) is 11.0. The molecule has 3 aromatic rings. The molecule has 0 saturated heterocycles. The number of benzene rings is 1. The van der Waals surface area contributed by atoms with Gasteiger partial charge in [0, 0.05) is 23.2 Å². The van der Waals surface area contributed by atoms with Gasteiger partial charge in [0.1, 0.15) is 0 Å². The zero-order chi connectivity index (χ0) is 13.8. The van der Waals surface area contributed by atoms with Crippen molar-refractivity contribution in [3.8, 4) is 11.3 Å². The lowest BCUT2D eigenvalue weighted by Crippen LogP contribution is -1.93. The van der Waals surface area contributed by atoms with Crippen molar-refractivity contribution < 1.29 is 0 Å². The molecule has 0 aliphatic carbocycles. The Morgan fingerprint density at radius 2 is 1.85 bits per heavy atom. The van der Waals surface area contributed by atoms with E-state index in [1.54, 1.807) is 0 Å². The van der Waals surface area contributed by atoms with Crippen LogP contribution in [0.15, 0.2) is 65.9 Å². The minimum atomic E-state index is 0.479. The molecule has 4 nitrogen and oxygen atoms in total. The first-order valence-electron chi connectivity index (χ1n) is 6.55. The normalized spacial score (nSPS) is 10.4. The molecule has 0 amide bonds. The quantitative estimate of drug-likeness (QED) is 0.379. The van der Waals surface area contributed by atoms with Crippen LogP contribution in [0.5, 0.6) is 0 Å². The summed E-state index contributed by atoms with van der Waals surface area (Å²) in [6.07, 6.45) is 2.81. The number of pyridine rings is 1. The Hall–Kier alpha value is -2.71. The van der Waals surface area contributed by atoms with Crippen LogP contribution in [0.1, 0.15) is 5.56 Å². The molecule has 0 aliphatic rings. The summed E-state index contributed by atoms with van der Waals surface area (Å²) in [6.45, 7) is 0.479. The van der Waals surface area contributed by atoms with Gasteiger partial charge in [0.2, 0.25) is 0 Å². The van der Waals surface area contributed by atoms with Crippen LogP contribution in [0.2, 0.25) is 0 Å². The number of rotatable bonds is 4. The number of azide groups is 1. The minimum absolute atomic E-state index is 0.479. The molecule has 98 valence electrons. The first-order valence-corrected chi connectivity index (χ1v) is 6.55. The maximum absolute atomic E-state index is 8.42. The van der Waals surface area contributed by atoms with Gasteiger partial charge in [-0.1, -0.05) is 41.5 Å². The fourth-order valence-corrected chi connectivity index (χ4v) is 2.51. The van der Waals surface area contributed by atoms with Crippen molar-refractivity contribution in [2.24, 2.45) is 5.11 Å². The first-order chi connectivity index (χ1) is 9.90. The van der Waals surface area contributed by atoms with Crippen molar-refractivity contribution in [1.82, 2.24) is 4.40 Å². The van der Waals surface area contributed by atoms with Gasteiger partial charge in [-0.3, -0.25) is 0 Å². The van der Waals surface area contributed by atoms with Gasteiger partial charge in [0.25, 0.3) is 0 Å². The van der Waals surface area contributed by atoms with Crippen LogP contribution in [-0.2, 0) is 6.42 Å². The standard InChI is InChI=1S/C16H14N4/c17-19-18-10-9-14-12-15-8-4-5-11-20(15)16(14)13-6-2-1-3-7-13/h1-8,11-12H,9-10H2. The summed E-state index contributed by atoms with van der Waals surface area (Å²) in [5, 5.41) is 3.64. The van der Waals surface area contributed by atoms with Crippen molar-refractivity contribution in [3.05, 3.63) is 76.8 Å². The number of aromatic nitrogens is 1. The van der Waals surface area contributed by atoms with Crippen molar-refractivity contribution in [2.75, 3.05) is 6.54 Å². The Balaban J connectivity index is 2.15. The van der Waals surface area contributed by atoms with E-state index in [-0.39, 0.29) is 0 Å². The molecule has 0 aliphatic heterocycles. The third-order valence-electron chi connectivity index (χ3n) is 3.35. The van der Waals surface area contributed by atoms with E-state index in [9.17, 15) is 0 Å². The largest absolute Gasteiger partial charge is 0.316 e. The Morgan fingerprint density at radius 3 is 2.65 bits per heavy atom. The van der Waals surface area contributed by atoms with Crippen LogP contribution in [0.3, 0.4) is 0 Å². The third kappa shape index (κ3) is 2.25. The summed E-state index contributed by atoms with van der Waals surface area (Å²) in [4.78, 5) is 2.83. The van der Waals surface area contributed by atoms with Crippen LogP contribution in [0.25, 0.3) is 27.2 Å². The van der Waals surface area contributed by atoms with E-state index in [1.807, 2.05) is 30.3 Å². The van der Waals surface area contributed by atoms with Crippen molar-refractivity contribution in [2.45, 2.75) is 6.42 Å². The maximum Gasteiger partial charge on any atom is 0.0560 e. The summed E-state index contributed by atoms with van der Waals surface area (Å²) < 4.78 is 2.18. The second kappa shape index (κ2) is 5.51. The first kappa shape index (κ1) is 12.3. The number of hydrogen-bond donors (Lipinski definition) is 0. The fraction of sp³-hybridized carbons (Fsp3) is 0.125. The fourth-order valence-electron chi connectivity index (χ4n) is 2.51. The second-order valence-electron chi connectivity index (χ2n) is 4.58. The summed E-state index contributed by atoms with van der Waals surface area (Å²) in [5.41, 5.74) is 13.1. The van der Waals surface area contributed by atoms with E-state index in [2.05, 4.69) is 44.9 Å². The molecule has 0 N–H and O–H groups in total. The lowest BCUT2D eigenvalue weighted by Gasteiger charge is -2.06. The number of nitrogens with zero attached hydrogens (tertiary/aromatic N) is 4. The van der Waals surface area contributed by atoms with Gasteiger partial charge in [0.05, 0.1) is 5.69 Å². The smallest absolute Gasteiger partial charge is 0.0560 e. The van der Waals surface area contributed by atoms with Gasteiger partial charge in [-0.25, -0.2) is 0 Å². The molecule has 0 atom stereocenters. The lowest BCUT2D eigenvalue weighted by atomic mass is 10.1. The van der Waals surface area contributed by atoms with Crippen LogP contribution < -0.4 is 0 Å². The zero-order valence-electron chi connectivity index (χ0n) is 11.0. The molecule has 0 unspecified atom stereocenters. The molecule has 0 saturated carbocycles. The molecule has 3 rings (SSSR count). The molecule has 1 aromatic carbocycles. The summed E-state index contributed by atoms with van der Waals surface area (Å²) in [6, 6.07) is 18.6. The molecule has 2 heterocycles. The highest BCUT2D eigenvalue weighted by Crippen LogP contribution is 2.27. The Kier molecular flexibility index (Phi) is 3.40. The van der Waals surface area contributed by atoms with Gasteiger partial charge in [-0.05, 0) is 41.3 Å².